The van der Waals surface area contributed by atoms with Crippen LogP contribution in [0.4, 0.5) is 0 Å². The molecular formula is C30H32N4O5. The molecule has 6 atom stereocenters. The predicted octanol–water partition coefficient (Wildman–Crippen LogP) is 0.923. The average molecular weight is 529 g/mol. The third-order valence-corrected chi connectivity index (χ3v) is 10.1. The Morgan fingerprint density at radius 2 is 2.05 bits per heavy atom. The largest absolute Gasteiger partial charge is 0.508 e. The molecule has 9 nitrogen and oxygen atoms in total. The number of aromatic hydroxyl groups is 1. The number of phenols is 1. The first-order valence-electron chi connectivity index (χ1n) is 13.5. The third-order valence-electron chi connectivity index (χ3n) is 10.1. The van der Waals surface area contributed by atoms with Gasteiger partial charge in [-0.15, -0.1) is 0 Å². The van der Waals surface area contributed by atoms with E-state index in [1.165, 1.54) is 5.56 Å². The van der Waals surface area contributed by atoms with Crippen LogP contribution in [0.5, 0.6) is 5.75 Å². The quantitative estimate of drug-likeness (QED) is 0.390. The van der Waals surface area contributed by atoms with Crippen LogP contribution in [0.1, 0.15) is 52.0 Å². The van der Waals surface area contributed by atoms with Crippen molar-refractivity contribution in [2.45, 2.75) is 60.6 Å². The van der Waals surface area contributed by atoms with Crippen LogP contribution in [0.2, 0.25) is 0 Å². The molecule has 1 aromatic heterocycles. The number of aromatic nitrogens is 1. The van der Waals surface area contributed by atoms with Crippen LogP contribution in [-0.2, 0) is 28.5 Å². The Morgan fingerprint density at radius 3 is 2.77 bits per heavy atom. The number of aromatic amines is 1. The molecule has 5 aliphatic rings. The lowest BCUT2D eigenvalue weighted by Crippen LogP contribution is -2.74. The molecule has 4 aliphatic carbocycles. The van der Waals surface area contributed by atoms with Gasteiger partial charge in [0.2, 0.25) is 5.91 Å². The first kappa shape index (κ1) is 24.4. The van der Waals surface area contributed by atoms with Gasteiger partial charge in [-0.25, -0.2) is 0 Å². The molecule has 7 rings (SSSR count). The standard InChI is InChI=1S/C30H32N4O5/c1-34-15-28-14-29(21-11-18(35)7-8-20(21)28)13-23-17(12-30(29,39)27(28)34)10-19(26(38)33-23)25(37)32-22(24(31)36)9-16-5-3-2-4-6-16/h2-5,7-8,10-11,16,22,27,35,39H,6,9,12-15H2,1H3,(H2,31,36)(H,32,37)(H,33,38)/t16?,22-,27+,28?,29-,30+/m0/s1. The maximum atomic E-state index is 13.3. The van der Waals surface area contributed by atoms with Gasteiger partial charge in [0.25, 0.3) is 11.5 Å². The van der Waals surface area contributed by atoms with E-state index in [4.69, 9.17) is 5.73 Å². The number of allylic oxidation sites excluding steroid dienone is 4. The number of nitrogens with zero attached hydrogens (tertiary/aromatic N) is 1. The number of fused-ring (bicyclic) bond motifs is 3. The van der Waals surface area contributed by atoms with Gasteiger partial charge < -0.3 is 26.2 Å². The Morgan fingerprint density at radius 1 is 1.23 bits per heavy atom. The second-order valence-electron chi connectivity index (χ2n) is 12.2. The number of carbonyl (C=O) groups is 2. The van der Waals surface area contributed by atoms with Crippen LogP contribution in [0.15, 0.2) is 53.4 Å². The summed E-state index contributed by atoms with van der Waals surface area (Å²) in [5.41, 5.74) is 6.53. The van der Waals surface area contributed by atoms with Crippen molar-refractivity contribution in [2.24, 2.45) is 11.7 Å². The van der Waals surface area contributed by atoms with Gasteiger partial charge in [0.15, 0.2) is 0 Å². The second kappa shape index (κ2) is 7.92. The molecule has 2 spiro atoms. The molecule has 202 valence electrons. The number of amides is 2. The molecular weight excluding hydrogens is 496 g/mol. The molecule has 1 aromatic carbocycles. The highest BCUT2D eigenvalue weighted by atomic mass is 16.3. The van der Waals surface area contributed by atoms with E-state index in [0.717, 1.165) is 24.9 Å². The van der Waals surface area contributed by atoms with Crippen LogP contribution in [0.25, 0.3) is 0 Å². The molecule has 6 N–H and O–H groups in total. The molecule has 2 fully saturated rings. The van der Waals surface area contributed by atoms with E-state index in [2.05, 4.69) is 15.2 Å². The number of likely N-dealkylation sites (N-methyl/N-ethyl adjacent to an activating group) is 1. The van der Waals surface area contributed by atoms with E-state index in [1.807, 2.05) is 37.4 Å². The van der Waals surface area contributed by atoms with E-state index in [9.17, 15) is 24.6 Å². The fraction of sp³-hybridized carbons (Fsp3) is 0.433. The highest BCUT2D eigenvalue weighted by molar-refractivity contribution is 5.97. The average Bonchev–Trinajstić information content (AvgIpc) is 3.25. The summed E-state index contributed by atoms with van der Waals surface area (Å²) < 4.78 is 0. The summed E-state index contributed by atoms with van der Waals surface area (Å²) in [5, 5.41) is 25.4. The molecule has 1 saturated carbocycles. The van der Waals surface area contributed by atoms with Gasteiger partial charge in [-0.05, 0) is 67.1 Å². The maximum Gasteiger partial charge on any atom is 0.261 e. The summed E-state index contributed by atoms with van der Waals surface area (Å²) in [6.45, 7) is 0.820. The summed E-state index contributed by atoms with van der Waals surface area (Å²) in [5.74, 6) is -1.09. The Bertz CT molecular complexity index is 1560. The summed E-state index contributed by atoms with van der Waals surface area (Å²) >= 11 is 0. The van der Waals surface area contributed by atoms with Crippen molar-refractivity contribution >= 4 is 11.8 Å². The van der Waals surface area contributed by atoms with Crippen molar-refractivity contribution in [1.82, 2.24) is 15.2 Å². The maximum absolute atomic E-state index is 13.3. The normalized spacial score (nSPS) is 33.9. The topological polar surface area (TPSA) is 149 Å². The number of hydrogen-bond acceptors (Lipinski definition) is 6. The molecule has 2 aromatic rings. The Kier molecular flexibility index (Phi) is 4.95. The van der Waals surface area contributed by atoms with Crippen LogP contribution in [-0.4, -0.2) is 63.2 Å². The number of H-pyrrole nitrogens is 1. The van der Waals surface area contributed by atoms with Crippen LogP contribution >= 0.6 is 0 Å². The molecule has 2 unspecified atom stereocenters. The first-order chi connectivity index (χ1) is 18.6. The molecule has 1 aliphatic heterocycles. The molecule has 2 amide bonds. The van der Waals surface area contributed by atoms with Gasteiger partial charge in [-0.3, -0.25) is 19.3 Å². The van der Waals surface area contributed by atoms with Gasteiger partial charge in [-0.1, -0.05) is 30.4 Å². The lowest BCUT2D eigenvalue weighted by Gasteiger charge is -2.61. The first-order valence-corrected chi connectivity index (χ1v) is 13.5. The number of pyridine rings is 1. The van der Waals surface area contributed by atoms with E-state index in [1.54, 1.807) is 18.2 Å². The number of carbonyl (C=O) groups excluding carboxylic acids is 2. The number of likely N-dealkylation sites (tertiary alicyclic amines) is 1. The van der Waals surface area contributed by atoms with Crippen LogP contribution in [0.3, 0.4) is 0 Å². The van der Waals surface area contributed by atoms with Gasteiger partial charge >= 0.3 is 0 Å². The minimum absolute atomic E-state index is 0.0620. The molecule has 2 heterocycles. The van der Waals surface area contributed by atoms with Gasteiger partial charge in [0.05, 0.1) is 11.6 Å². The van der Waals surface area contributed by atoms with Crippen molar-refractivity contribution < 1.29 is 19.8 Å². The number of benzene rings is 1. The molecule has 2 bridgehead atoms. The fourth-order valence-electron chi connectivity index (χ4n) is 8.73. The zero-order valence-corrected chi connectivity index (χ0v) is 21.7. The minimum atomic E-state index is -1.13. The predicted molar refractivity (Wildman–Crippen MR) is 143 cm³/mol. The zero-order valence-electron chi connectivity index (χ0n) is 21.7. The highest BCUT2D eigenvalue weighted by Gasteiger charge is 2.80. The summed E-state index contributed by atoms with van der Waals surface area (Å²) in [4.78, 5) is 43.7. The molecule has 9 heteroatoms. The lowest BCUT2D eigenvalue weighted by atomic mass is 9.55. The molecule has 1 saturated heterocycles. The zero-order chi connectivity index (χ0) is 27.3. The minimum Gasteiger partial charge on any atom is -0.508 e. The Hall–Kier alpha value is -3.69. The van der Waals surface area contributed by atoms with E-state index < -0.39 is 34.4 Å². The third kappa shape index (κ3) is 3.11. The number of phenolic OH excluding ortho intramolecular Hbond substituents is 1. The van der Waals surface area contributed by atoms with E-state index >= 15 is 0 Å². The molecule has 0 radical (unpaired) electrons. The van der Waals surface area contributed by atoms with Crippen molar-refractivity contribution in [3.63, 3.8) is 0 Å². The number of primary amides is 1. The van der Waals surface area contributed by atoms with Gasteiger partial charge in [0.1, 0.15) is 17.4 Å². The number of aliphatic hydroxyl groups is 1. The second-order valence-corrected chi connectivity index (χ2v) is 12.2. The number of nitrogens with one attached hydrogen (secondary N) is 2. The number of rotatable bonds is 5. The Balaban J connectivity index is 1.23. The van der Waals surface area contributed by atoms with Gasteiger partial charge in [0, 0.05) is 35.9 Å². The van der Waals surface area contributed by atoms with Gasteiger partial charge in [-0.2, -0.15) is 0 Å². The smallest absolute Gasteiger partial charge is 0.261 e. The van der Waals surface area contributed by atoms with E-state index in [-0.39, 0.29) is 35.1 Å². The fourth-order valence-corrected chi connectivity index (χ4v) is 8.73. The van der Waals surface area contributed by atoms with Crippen molar-refractivity contribution in [1.29, 1.82) is 0 Å². The van der Waals surface area contributed by atoms with Crippen LogP contribution < -0.4 is 16.6 Å². The monoisotopic (exact) mass is 528 g/mol. The molecule has 39 heavy (non-hydrogen) atoms. The van der Waals surface area contributed by atoms with Crippen molar-refractivity contribution in [3.8, 4) is 5.75 Å². The van der Waals surface area contributed by atoms with Crippen molar-refractivity contribution in [3.05, 3.63) is 86.9 Å². The number of hydrogen-bond donors (Lipinski definition) is 5. The number of nitrogens with two attached hydrogens (primary N) is 1. The Labute approximate surface area is 225 Å². The van der Waals surface area contributed by atoms with Crippen LogP contribution in [0, 0.1) is 5.92 Å². The highest BCUT2D eigenvalue weighted by Crippen LogP contribution is 2.72. The van der Waals surface area contributed by atoms with E-state index in [0.29, 0.717) is 24.1 Å². The lowest BCUT2D eigenvalue weighted by molar-refractivity contribution is -0.126. The summed E-state index contributed by atoms with van der Waals surface area (Å²) in [6.07, 6.45) is 10.3. The van der Waals surface area contributed by atoms with Crippen molar-refractivity contribution in [2.75, 3.05) is 13.6 Å². The SMILES string of the molecule is CN1CC23C[C@@]4(Cc5[nH]c(=O)c(C(=O)N[C@@H](CC6C=CC=CC6)C(N)=O)cc5C[C@@]4(O)[C@H]12)c1cc(O)ccc13. The summed E-state index contributed by atoms with van der Waals surface area (Å²) in [7, 11) is 2.02. The summed E-state index contributed by atoms with van der Waals surface area (Å²) in [6, 6.07) is 6.02.